The molecule has 0 fully saturated rings. The predicted molar refractivity (Wildman–Crippen MR) is 116 cm³/mol. The topological polar surface area (TPSA) is 75.7 Å². The number of carbonyl (C=O) groups is 3. The molecule has 0 unspecified atom stereocenters. The molecule has 0 aliphatic carbocycles. The van der Waals surface area contributed by atoms with E-state index in [1.165, 1.54) is 11.9 Å². The Balaban J connectivity index is 2.63. The number of rotatable bonds is 8. The van der Waals surface area contributed by atoms with Crippen LogP contribution < -0.4 is 5.32 Å². The number of aldehydes is 1. The Labute approximate surface area is 178 Å². The van der Waals surface area contributed by atoms with E-state index in [2.05, 4.69) is 5.32 Å². The summed E-state index contributed by atoms with van der Waals surface area (Å²) in [5.41, 5.74) is -0.375. The van der Waals surface area contributed by atoms with Crippen LogP contribution in [0.25, 0.3) is 0 Å². The number of benzene rings is 2. The molecule has 2 rings (SSSR count). The summed E-state index contributed by atoms with van der Waals surface area (Å²) in [5, 5.41) is 2.70. The monoisotopic (exact) mass is 410 g/mol. The molecule has 0 aliphatic heterocycles. The SMILES string of the molecule is CNC(=O)C(Cc1ccccc1)(Cc1ccccc1)N(CC=O)C(=O)OC(C)(C)C. The molecule has 30 heavy (non-hydrogen) atoms. The molecule has 0 aromatic heterocycles. The van der Waals surface area contributed by atoms with E-state index < -0.39 is 17.2 Å². The molecule has 0 atom stereocenters. The standard InChI is InChI=1S/C24H30N2O4/c1-23(2,3)30-22(29)26(15-16-27)24(21(28)25-4,17-19-11-7-5-8-12-19)18-20-13-9-6-10-14-20/h5-14,16H,15,17-18H2,1-4H3,(H,25,28). The summed E-state index contributed by atoms with van der Waals surface area (Å²) in [6.45, 7) is 4.99. The van der Waals surface area contributed by atoms with Crippen LogP contribution in [0.5, 0.6) is 0 Å². The number of nitrogens with one attached hydrogen (secondary N) is 1. The molecule has 0 heterocycles. The first-order chi connectivity index (χ1) is 14.2. The zero-order chi connectivity index (χ0) is 22.2. The summed E-state index contributed by atoms with van der Waals surface area (Å²) in [6, 6.07) is 18.9. The van der Waals surface area contributed by atoms with E-state index in [9.17, 15) is 14.4 Å². The Kier molecular flexibility index (Phi) is 7.75. The molecular formula is C24H30N2O4. The average Bonchev–Trinajstić information content (AvgIpc) is 2.71. The number of hydrogen-bond acceptors (Lipinski definition) is 4. The van der Waals surface area contributed by atoms with Gasteiger partial charge in [-0.2, -0.15) is 0 Å². The van der Waals surface area contributed by atoms with Gasteiger partial charge >= 0.3 is 6.09 Å². The molecule has 0 saturated carbocycles. The molecular weight excluding hydrogens is 380 g/mol. The largest absolute Gasteiger partial charge is 0.444 e. The Hall–Kier alpha value is -3.15. The highest BCUT2D eigenvalue weighted by Gasteiger charge is 2.47. The number of likely N-dealkylation sites (N-methyl/N-ethyl adjacent to an activating group) is 1. The van der Waals surface area contributed by atoms with Crippen molar-refractivity contribution in [3.05, 3.63) is 71.8 Å². The predicted octanol–water partition coefficient (Wildman–Crippen LogP) is 3.39. The summed E-state index contributed by atoms with van der Waals surface area (Å²) < 4.78 is 5.58. The zero-order valence-corrected chi connectivity index (χ0v) is 18.1. The van der Waals surface area contributed by atoms with Crippen LogP contribution in [0, 0.1) is 0 Å². The maximum Gasteiger partial charge on any atom is 0.411 e. The summed E-state index contributed by atoms with van der Waals surface area (Å²) in [5.74, 6) is -0.358. The van der Waals surface area contributed by atoms with Crippen molar-refractivity contribution in [2.24, 2.45) is 0 Å². The first kappa shape index (κ1) is 23.1. The quantitative estimate of drug-likeness (QED) is 0.677. The lowest BCUT2D eigenvalue weighted by atomic mass is 9.82. The fourth-order valence-electron chi connectivity index (χ4n) is 3.45. The van der Waals surface area contributed by atoms with Crippen LogP contribution in [0.1, 0.15) is 31.9 Å². The van der Waals surface area contributed by atoms with Gasteiger partial charge in [0.15, 0.2) is 0 Å². The average molecular weight is 411 g/mol. The highest BCUT2D eigenvalue weighted by atomic mass is 16.6. The van der Waals surface area contributed by atoms with Crippen LogP contribution in [0.3, 0.4) is 0 Å². The lowest BCUT2D eigenvalue weighted by Crippen LogP contribution is -2.64. The van der Waals surface area contributed by atoms with Crippen molar-refractivity contribution in [3.8, 4) is 0 Å². The highest BCUT2D eigenvalue weighted by Crippen LogP contribution is 2.28. The lowest BCUT2D eigenvalue weighted by Gasteiger charge is -2.42. The molecule has 2 aromatic rings. The number of ether oxygens (including phenoxy) is 1. The Morgan fingerprint density at radius 1 is 0.933 bits per heavy atom. The van der Waals surface area contributed by atoms with Crippen molar-refractivity contribution < 1.29 is 19.1 Å². The van der Waals surface area contributed by atoms with Gasteiger partial charge in [0, 0.05) is 19.9 Å². The minimum Gasteiger partial charge on any atom is -0.444 e. The number of carbonyl (C=O) groups excluding carboxylic acids is 3. The van der Waals surface area contributed by atoms with Gasteiger partial charge in [-0.3, -0.25) is 9.69 Å². The van der Waals surface area contributed by atoms with E-state index in [1.807, 2.05) is 60.7 Å². The Morgan fingerprint density at radius 3 is 1.77 bits per heavy atom. The summed E-state index contributed by atoms with van der Waals surface area (Å²) in [6.07, 6.45) is 0.382. The van der Waals surface area contributed by atoms with E-state index in [4.69, 9.17) is 4.74 Å². The smallest absolute Gasteiger partial charge is 0.411 e. The Morgan fingerprint density at radius 2 is 1.40 bits per heavy atom. The maximum atomic E-state index is 13.4. The molecule has 6 heteroatoms. The van der Waals surface area contributed by atoms with Crippen LogP contribution in [0.2, 0.25) is 0 Å². The van der Waals surface area contributed by atoms with Crippen molar-refractivity contribution in [3.63, 3.8) is 0 Å². The van der Waals surface area contributed by atoms with Gasteiger partial charge in [0.1, 0.15) is 17.4 Å². The molecule has 6 nitrogen and oxygen atoms in total. The fraction of sp³-hybridized carbons (Fsp3) is 0.375. The van der Waals surface area contributed by atoms with E-state index in [0.29, 0.717) is 6.29 Å². The van der Waals surface area contributed by atoms with Gasteiger partial charge in [-0.05, 0) is 31.9 Å². The third kappa shape index (κ3) is 5.92. The van der Waals surface area contributed by atoms with Crippen LogP contribution in [-0.4, -0.2) is 47.9 Å². The molecule has 0 aliphatic rings. The van der Waals surface area contributed by atoms with Crippen LogP contribution in [0.15, 0.2) is 60.7 Å². The lowest BCUT2D eigenvalue weighted by molar-refractivity contribution is -0.134. The minimum absolute atomic E-state index is 0.232. The summed E-state index contributed by atoms with van der Waals surface area (Å²) in [7, 11) is 1.53. The van der Waals surface area contributed by atoms with E-state index in [0.717, 1.165) is 11.1 Å². The van der Waals surface area contributed by atoms with Gasteiger partial charge in [-0.25, -0.2) is 4.79 Å². The van der Waals surface area contributed by atoms with Gasteiger partial charge in [0.25, 0.3) is 0 Å². The van der Waals surface area contributed by atoms with Gasteiger partial charge in [0.2, 0.25) is 5.91 Å². The van der Waals surface area contributed by atoms with Gasteiger partial charge in [0.05, 0.1) is 6.54 Å². The number of nitrogens with zero attached hydrogens (tertiary/aromatic N) is 1. The van der Waals surface area contributed by atoms with Crippen molar-refractivity contribution >= 4 is 18.3 Å². The maximum absolute atomic E-state index is 13.4. The van der Waals surface area contributed by atoms with Crippen molar-refractivity contribution in [2.45, 2.75) is 44.8 Å². The first-order valence-corrected chi connectivity index (χ1v) is 9.96. The van der Waals surface area contributed by atoms with Crippen molar-refractivity contribution in [1.29, 1.82) is 0 Å². The van der Waals surface area contributed by atoms with E-state index in [1.54, 1.807) is 20.8 Å². The molecule has 0 spiro atoms. The first-order valence-electron chi connectivity index (χ1n) is 9.96. The highest BCUT2D eigenvalue weighted by molar-refractivity contribution is 5.91. The van der Waals surface area contributed by atoms with E-state index in [-0.39, 0.29) is 25.3 Å². The molecule has 1 N–H and O–H groups in total. The van der Waals surface area contributed by atoms with Crippen LogP contribution in [-0.2, 0) is 27.2 Å². The molecule has 0 bridgehead atoms. The molecule has 0 radical (unpaired) electrons. The Bertz CT molecular complexity index is 803. The van der Waals surface area contributed by atoms with Crippen molar-refractivity contribution in [1.82, 2.24) is 10.2 Å². The van der Waals surface area contributed by atoms with Crippen LogP contribution >= 0.6 is 0 Å². The van der Waals surface area contributed by atoms with Gasteiger partial charge < -0.3 is 14.8 Å². The molecule has 2 amide bonds. The van der Waals surface area contributed by atoms with Crippen molar-refractivity contribution in [2.75, 3.05) is 13.6 Å². The molecule has 160 valence electrons. The number of amides is 2. The van der Waals surface area contributed by atoms with Crippen LogP contribution in [0.4, 0.5) is 4.79 Å². The summed E-state index contributed by atoms with van der Waals surface area (Å²) >= 11 is 0. The van der Waals surface area contributed by atoms with Gasteiger partial charge in [-0.15, -0.1) is 0 Å². The minimum atomic E-state index is -1.35. The second-order valence-electron chi connectivity index (χ2n) is 8.19. The van der Waals surface area contributed by atoms with E-state index >= 15 is 0 Å². The zero-order valence-electron chi connectivity index (χ0n) is 18.1. The third-order valence-corrected chi connectivity index (χ3v) is 4.72. The number of hydrogen-bond donors (Lipinski definition) is 1. The molecule has 0 saturated heterocycles. The second kappa shape index (κ2) is 10.1. The third-order valence-electron chi connectivity index (χ3n) is 4.72. The summed E-state index contributed by atoms with van der Waals surface area (Å²) in [4.78, 5) is 39.3. The normalized spacial score (nSPS) is 11.5. The molecule has 2 aromatic carbocycles. The fourth-order valence-corrected chi connectivity index (χ4v) is 3.45. The van der Waals surface area contributed by atoms with Gasteiger partial charge in [-0.1, -0.05) is 60.7 Å². The second-order valence-corrected chi connectivity index (χ2v) is 8.19.